The molecule has 0 saturated heterocycles. The molecule has 0 atom stereocenters. The highest BCUT2D eigenvalue weighted by atomic mass is 16.5. The second-order valence-corrected chi connectivity index (χ2v) is 3.77. The smallest absolute Gasteiger partial charge is 0.269 e. The van der Waals surface area contributed by atoms with E-state index in [9.17, 15) is 4.79 Å². The summed E-state index contributed by atoms with van der Waals surface area (Å²) < 4.78 is 5.08. The van der Waals surface area contributed by atoms with Crippen molar-refractivity contribution in [2.75, 3.05) is 7.11 Å². The third-order valence-electron chi connectivity index (χ3n) is 2.67. The van der Waals surface area contributed by atoms with Gasteiger partial charge >= 0.3 is 0 Å². The fraction of sp³-hybridized carbons (Fsp3) is 0.167. The lowest BCUT2D eigenvalue weighted by molar-refractivity contribution is 0.0954. The molecule has 0 radical (unpaired) electrons. The first-order valence-electron chi connectivity index (χ1n) is 5.37. The predicted octanol–water partition coefficient (Wildman–Crippen LogP) is 0.997. The summed E-state index contributed by atoms with van der Waals surface area (Å²) in [6.07, 6.45) is 0. The Balaban J connectivity index is 2.47. The molecule has 0 aliphatic carbocycles. The van der Waals surface area contributed by atoms with Crippen LogP contribution in [0.25, 0.3) is 11.3 Å². The van der Waals surface area contributed by atoms with Crippen molar-refractivity contribution >= 4 is 5.91 Å². The number of nitrogens with two attached hydrogens (primary N) is 1. The highest BCUT2D eigenvalue weighted by Gasteiger charge is 2.18. The van der Waals surface area contributed by atoms with E-state index in [1.165, 1.54) is 0 Å². The Morgan fingerprint density at radius 1 is 1.39 bits per heavy atom. The first-order valence-corrected chi connectivity index (χ1v) is 5.37. The Hall–Kier alpha value is -2.34. The summed E-state index contributed by atoms with van der Waals surface area (Å²) in [4.78, 5) is 11.7. The normalized spacial score (nSPS) is 10.2. The number of aromatic nitrogens is 2. The van der Waals surface area contributed by atoms with Gasteiger partial charge in [0.2, 0.25) is 0 Å². The largest absolute Gasteiger partial charge is 0.497 e. The number of hydrogen-bond acceptors (Lipinski definition) is 4. The van der Waals surface area contributed by atoms with Gasteiger partial charge in [0.1, 0.15) is 11.4 Å². The van der Waals surface area contributed by atoms with Gasteiger partial charge < -0.3 is 4.74 Å². The fourth-order valence-electron chi connectivity index (χ4n) is 1.74. The Kier molecular flexibility index (Phi) is 3.29. The molecule has 0 saturated carbocycles. The van der Waals surface area contributed by atoms with Crippen LogP contribution in [0, 0.1) is 6.92 Å². The number of carbonyl (C=O) groups is 1. The maximum atomic E-state index is 11.7. The minimum absolute atomic E-state index is 0.368. The number of benzene rings is 1. The number of amides is 1. The number of hydrazine groups is 1. The molecule has 1 aromatic carbocycles. The van der Waals surface area contributed by atoms with Gasteiger partial charge in [-0.25, -0.2) is 5.84 Å². The van der Waals surface area contributed by atoms with Gasteiger partial charge in [0.15, 0.2) is 0 Å². The van der Waals surface area contributed by atoms with Crippen LogP contribution in [-0.4, -0.2) is 23.2 Å². The van der Waals surface area contributed by atoms with E-state index >= 15 is 0 Å². The Bertz CT molecular complexity index is 560. The van der Waals surface area contributed by atoms with Gasteiger partial charge in [-0.2, -0.15) is 5.10 Å². The minimum atomic E-state index is -0.368. The number of methoxy groups -OCH3 is 1. The number of hydrogen-bond donors (Lipinski definition) is 3. The van der Waals surface area contributed by atoms with Crippen molar-refractivity contribution in [1.29, 1.82) is 0 Å². The van der Waals surface area contributed by atoms with E-state index < -0.39 is 0 Å². The van der Waals surface area contributed by atoms with Crippen LogP contribution in [0.5, 0.6) is 5.75 Å². The van der Waals surface area contributed by atoms with Crippen molar-refractivity contribution in [2.45, 2.75) is 6.92 Å². The van der Waals surface area contributed by atoms with E-state index in [2.05, 4.69) is 15.6 Å². The molecule has 0 aliphatic heterocycles. The molecule has 1 amide bonds. The Morgan fingerprint density at radius 3 is 2.61 bits per heavy atom. The first-order chi connectivity index (χ1) is 8.67. The average Bonchev–Trinajstić information content (AvgIpc) is 2.80. The molecule has 1 aromatic heterocycles. The number of rotatable bonds is 3. The zero-order valence-electron chi connectivity index (χ0n) is 10.2. The topological polar surface area (TPSA) is 93.0 Å². The lowest BCUT2D eigenvalue weighted by Crippen LogP contribution is -2.30. The molecule has 0 bridgehead atoms. The van der Waals surface area contributed by atoms with Gasteiger partial charge in [-0.3, -0.25) is 15.3 Å². The number of ether oxygens (including phenoxy) is 1. The SMILES string of the molecule is COc1ccc(-c2n[nH]c(C)c2C(=O)NN)cc1. The van der Waals surface area contributed by atoms with Crippen molar-refractivity contribution < 1.29 is 9.53 Å². The molecule has 94 valence electrons. The first kappa shape index (κ1) is 12.1. The lowest BCUT2D eigenvalue weighted by atomic mass is 10.1. The van der Waals surface area contributed by atoms with Crippen LogP contribution < -0.4 is 16.0 Å². The van der Waals surface area contributed by atoms with Crippen molar-refractivity contribution in [3.8, 4) is 17.0 Å². The highest BCUT2D eigenvalue weighted by Crippen LogP contribution is 2.25. The summed E-state index contributed by atoms with van der Waals surface area (Å²) >= 11 is 0. The van der Waals surface area contributed by atoms with Gasteiger partial charge in [-0.1, -0.05) is 0 Å². The Labute approximate surface area is 104 Å². The summed E-state index contributed by atoms with van der Waals surface area (Å²) in [7, 11) is 1.60. The lowest BCUT2D eigenvalue weighted by Gasteiger charge is -2.04. The number of nitrogen functional groups attached to an aromatic ring is 1. The van der Waals surface area contributed by atoms with Crippen LogP contribution in [0.3, 0.4) is 0 Å². The van der Waals surface area contributed by atoms with Crippen LogP contribution in [0.2, 0.25) is 0 Å². The summed E-state index contributed by atoms with van der Waals surface area (Å²) in [5, 5.41) is 6.91. The van der Waals surface area contributed by atoms with E-state index in [0.29, 0.717) is 17.0 Å². The summed E-state index contributed by atoms with van der Waals surface area (Å²) in [5.41, 5.74) is 4.62. The molecule has 1 heterocycles. The van der Waals surface area contributed by atoms with E-state index in [-0.39, 0.29) is 5.91 Å². The summed E-state index contributed by atoms with van der Waals surface area (Å²) in [5.74, 6) is 5.54. The maximum absolute atomic E-state index is 11.7. The van der Waals surface area contributed by atoms with Crippen LogP contribution in [0.1, 0.15) is 16.1 Å². The number of nitrogens with one attached hydrogen (secondary N) is 2. The van der Waals surface area contributed by atoms with Crippen LogP contribution in [0.15, 0.2) is 24.3 Å². The number of H-pyrrole nitrogens is 1. The number of aromatic amines is 1. The molecular weight excluding hydrogens is 232 g/mol. The van der Waals surface area contributed by atoms with E-state index in [4.69, 9.17) is 10.6 Å². The molecule has 0 unspecified atom stereocenters. The fourth-order valence-corrected chi connectivity index (χ4v) is 1.74. The maximum Gasteiger partial charge on any atom is 0.269 e. The average molecular weight is 246 g/mol. The van der Waals surface area contributed by atoms with Gasteiger partial charge in [-0.05, 0) is 31.2 Å². The van der Waals surface area contributed by atoms with E-state index in [1.807, 2.05) is 24.3 Å². The van der Waals surface area contributed by atoms with Crippen molar-refractivity contribution in [3.05, 3.63) is 35.5 Å². The molecule has 0 fully saturated rings. The third kappa shape index (κ3) is 2.05. The summed E-state index contributed by atoms with van der Waals surface area (Å²) in [6.45, 7) is 1.77. The Morgan fingerprint density at radius 2 is 2.06 bits per heavy atom. The monoisotopic (exact) mass is 246 g/mol. The molecule has 6 nitrogen and oxygen atoms in total. The molecule has 0 spiro atoms. The third-order valence-corrected chi connectivity index (χ3v) is 2.67. The van der Waals surface area contributed by atoms with E-state index in [0.717, 1.165) is 11.3 Å². The molecule has 6 heteroatoms. The molecule has 0 aliphatic rings. The minimum Gasteiger partial charge on any atom is -0.497 e. The van der Waals surface area contributed by atoms with Crippen molar-refractivity contribution in [2.24, 2.45) is 5.84 Å². The standard InChI is InChI=1S/C12H14N4O2/c1-7-10(12(17)14-13)11(16-15-7)8-3-5-9(18-2)6-4-8/h3-6H,13H2,1-2H3,(H,14,17)(H,15,16). The molecule has 2 rings (SSSR count). The second kappa shape index (κ2) is 4.89. The zero-order chi connectivity index (χ0) is 13.1. The number of aryl methyl sites for hydroxylation is 1. The number of nitrogens with zero attached hydrogens (tertiary/aromatic N) is 1. The molecule has 18 heavy (non-hydrogen) atoms. The second-order valence-electron chi connectivity index (χ2n) is 3.77. The highest BCUT2D eigenvalue weighted by molar-refractivity contribution is 6.00. The van der Waals surface area contributed by atoms with Gasteiger partial charge in [0.05, 0.1) is 12.7 Å². The van der Waals surface area contributed by atoms with Crippen molar-refractivity contribution in [3.63, 3.8) is 0 Å². The van der Waals surface area contributed by atoms with Crippen LogP contribution in [0.4, 0.5) is 0 Å². The quantitative estimate of drug-likeness (QED) is 0.428. The molecular formula is C12H14N4O2. The van der Waals surface area contributed by atoms with Gasteiger partial charge in [0.25, 0.3) is 5.91 Å². The van der Waals surface area contributed by atoms with E-state index in [1.54, 1.807) is 14.0 Å². The van der Waals surface area contributed by atoms with Crippen molar-refractivity contribution in [1.82, 2.24) is 15.6 Å². The van der Waals surface area contributed by atoms with Gasteiger partial charge in [-0.15, -0.1) is 0 Å². The zero-order valence-corrected chi connectivity index (χ0v) is 10.2. The predicted molar refractivity (Wildman–Crippen MR) is 67.0 cm³/mol. The number of carbonyl (C=O) groups excluding carboxylic acids is 1. The summed E-state index contributed by atoms with van der Waals surface area (Å²) in [6, 6.07) is 7.29. The van der Waals surface area contributed by atoms with Crippen LogP contribution in [-0.2, 0) is 0 Å². The molecule has 2 aromatic rings. The molecule has 4 N–H and O–H groups in total. The van der Waals surface area contributed by atoms with Crippen LogP contribution >= 0.6 is 0 Å². The van der Waals surface area contributed by atoms with Gasteiger partial charge in [0, 0.05) is 11.3 Å².